The lowest BCUT2D eigenvalue weighted by atomic mass is 10.1. The Morgan fingerprint density at radius 1 is 1.47 bits per heavy atom. The number of benzene rings is 1. The standard InChI is InChI=1S/C11H15NO3/c1-9(2)6-7-15-11-5-3-4-10(8-11)12(13)14/h3-5,8-9H,6-7H2,1-2H3. The number of hydrogen-bond acceptors (Lipinski definition) is 3. The number of non-ortho nitro benzene ring substituents is 1. The molecular formula is C11H15NO3. The van der Waals surface area contributed by atoms with Gasteiger partial charge in [-0.05, 0) is 18.4 Å². The maximum absolute atomic E-state index is 10.5. The molecule has 0 amide bonds. The van der Waals surface area contributed by atoms with E-state index in [1.165, 1.54) is 12.1 Å². The molecule has 1 aromatic rings. The number of rotatable bonds is 5. The third-order valence-corrected chi connectivity index (χ3v) is 1.99. The monoisotopic (exact) mass is 209 g/mol. The zero-order valence-corrected chi connectivity index (χ0v) is 8.97. The number of hydrogen-bond donors (Lipinski definition) is 0. The first-order valence-electron chi connectivity index (χ1n) is 4.97. The largest absolute Gasteiger partial charge is 0.493 e. The molecule has 0 saturated carbocycles. The van der Waals surface area contributed by atoms with Crippen molar-refractivity contribution < 1.29 is 9.66 Å². The van der Waals surface area contributed by atoms with Gasteiger partial charge >= 0.3 is 0 Å². The third kappa shape index (κ3) is 3.97. The summed E-state index contributed by atoms with van der Waals surface area (Å²) in [6.45, 7) is 4.81. The van der Waals surface area contributed by atoms with E-state index in [9.17, 15) is 10.1 Å². The van der Waals surface area contributed by atoms with Gasteiger partial charge in [0.15, 0.2) is 0 Å². The van der Waals surface area contributed by atoms with Crippen molar-refractivity contribution in [1.82, 2.24) is 0 Å². The Morgan fingerprint density at radius 3 is 2.80 bits per heavy atom. The summed E-state index contributed by atoms with van der Waals surface area (Å²) in [4.78, 5) is 10.1. The summed E-state index contributed by atoms with van der Waals surface area (Å²) < 4.78 is 5.40. The Hall–Kier alpha value is -1.58. The van der Waals surface area contributed by atoms with Crippen LogP contribution >= 0.6 is 0 Å². The van der Waals surface area contributed by atoms with Crippen LogP contribution < -0.4 is 4.74 Å². The molecule has 0 heterocycles. The Labute approximate surface area is 89.0 Å². The fourth-order valence-corrected chi connectivity index (χ4v) is 1.10. The zero-order chi connectivity index (χ0) is 11.3. The third-order valence-electron chi connectivity index (χ3n) is 1.99. The van der Waals surface area contributed by atoms with Crippen LogP contribution in [-0.4, -0.2) is 11.5 Å². The molecule has 15 heavy (non-hydrogen) atoms. The van der Waals surface area contributed by atoms with E-state index in [0.717, 1.165) is 6.42 Å². The first-order chi connectivity index (χ1) is 7.09. The van der Waals surface area contributed by atoms with Crippen LogP contribution in [0.4, 0.5) is 5.69 Å². The van der Waals surface area contributed by atoms with Gasteiger partial charge in [0.1, 0.15) is 5.75 Å². The van der Waals surface area contributed by atoms with E-state index in [2.05, 4.69) is 13.8 Å². The van der Waals surface area contributed by atoms with E-state index in [0.29, 0.717) is 18.3 Å². The minimum Gasteiger partial charge on any atom is -0.493 e. The van der Waals surface area contributed by atoms with Crippen molar-refractivity contribution in [1.29, 1.82) is 0 Å². The quantitative estimate of drug-likeness (QED) is 0.553. The van der Waals surface area contributed by atoms with E-state index in [4.69, 9.17) is 4.74 Å². The second-order valence-electron chi connectivity index (χ2n) is 3.79. The molecule has 0 aromatic heterocycles. The van der Waals surface area contributed by atoms with E-state index in [1.54, 1.807) is 12.1 Å². The van der Waals surface area contributed by atoms with Crippen molar-refractivity contribution in [2.45, 2.75) is 20.3 Å². The molecule has 0 aliphatic heterocycles. The molecule has 0 fully saturated rings. The van der Waals surface area contributed by atoms with Crippen molar-refractivity contribution in [2.75, 3.05) is 6.61 Å². The summed E-state index contributed by atoms with van der Waals surface area (Å²) in [5, 5.41) is 10.5. The normalized spacial score (nSPS) is 10.3. The van der Waals surface area contributed by atoms with Crippen molar-refractivity contribution in [3.05, 3.63) is 34.4 Å². The van der Waals surface area contributed by atoms with E-state index >= 15 is 0 Å². The SMILES string of the molecule is CC(C)CCOc1cccc([N+](=O)[O-])c1. The average molecular weight is 209 g/mol. The van der Waals surface area contributed by atoms with Gasteiger partial charge in [0.2, 0.25) is 0 Å². The molecule has 0 N–H and O–H groups in total. The second kappa shape index (κ2) is 5.34. The molecule has 0 unspecified atom stereocenters. The van der Waals surface area contributed by atoms with E-state index in [1.807, 2.05) is 0 Å². The molecular weight excluding hydrogens is 194 g/mol. The van der Waals surface area contributed by atoms with Gasteiger partial charge in [0, 0.05) is 6.07 Å². The van der Waals surface area contributed by atoms with Crippen LogP contribution in [0.25, 0.3) is 0 Å². The Balaban J connectivity index is 2.54. The smallest absolute Gasteiger partial charge is 0.273 e. The van der Waals surface area contributed by atoms with Gasteiger partial charge in [-0.3, -0.25) is 10.1 Å². The predicted octanol–water partition coefficient (Wildman–Crippen LogP) is 3.02. The number of nitro groups is 1. The van der Waals surface area contributed by atoms with Gasteiger partial charge in [0.25, 0.3) is 5.69 Å². The van der Waals surface area contributed by atoms with Crippen LogP contribution in [0.3, 0.4) is 0 Å². The lowest BCUT2D eigenvalue weighted by Crippen LogP contribution is -2.01. The van der Waals surface area contributed by atoms with Crippen LogP contribution in [0.5, 0.6) is 5.75 Å². The summed E-state index contributed by atoms with van der Waals surface area (Å²) in [6, 6.07) is 6.26. The molecule has 0 radical (unpaired) electrons. The number of nitro benzene ring substituents is 1. The molecule has 1 rings (SSSR count). The van der Waals surface area contributed by atoms with E-state index in [-0.39, 0.29) is 5.69 Å². The molecule has 0 atom stereocenters. The van der Waals surface area contributed by atoms with Gasteiger partial charge < -0.3 is 4.74 Å². The lowest BCUT2D eigenvalue weighted by Gasteiger charge is -2.07. The zero-order valence-electron chi connectivity index (χ0n) is 8.97. The first kappa shape index (κ1) is 11.5. The highest BCUT2D eigenvalue weighted by molar-refractivity contribution is 5.37. The van der Waals surface area contributed by atoms with Gasteiger partial charge in [-0.2, -0.15) is 0 Å². The molecule has 4 nitrogen and oxygen atoms in total. The summed E-state index contributed by atoms with van der Waals surface area (Å²) in [7, 11) is 0. The van der Waals surface area contributed by atoms with Crippen molar-refractivity contribution in [3.8, 4) is 5.75 Å². The molecule has 1 aromatic carbocycles. The molecule has 0 bridgehead atoms. The molecule has 0 aliphatic carbocycles. The highest BCUT2D eigenvalue weighted by Crippen LogP contribution is 2.19. The van der Waals surface area contributed by atoms with Crippen LogP contribution in [0.2, 0.25) is 0 Å². The van der Waals surface area contributed by atoms with Crippen molar-refractivity contribution >= 4 is 5.69 Å². The average Bonchev–Trinajstić information content (AvgIpc) is 2.17. The second-order valence-corrected chi connectivity index (χ2v) is 3.79. The molecule has 4 heteroatoms. The van der Waals surface area contributed by atoms with Gasteiger partial charge in [-0.1, -0.05) is 19.9 Å². The predicted molar refractivity (Wildman–Crippen MR) is 58.0 cm³/mol. The van der Waals surface area contributed by atoms with Crippen LogP contribution in [-0.2, 0) is 0 Å². The molecule has 0 saturated heterocycles. The Morgan fingerprint density at radius 2 is 2.20 bits per heavy atom. The molecule has 0 aliphatic rings. The fraction of sp³-hybridized carbons (Fsp3) is 0.455. The maximum Gasteiger partial charge on any atom is 0.273 e. The minimum atomic E-state index is -0.421. The number of nitrogens with zero attached hydrogens (tertiary/aromatic N) is 1. The van der Waals surface area contributed by atoms with Crippen molar-refractivity contribution in [2.24, 2.45) is 5.92 Å². The summed E-state index contributed by atoms with van der Waals surface area (Å²) in [5.41, 5.74) is 0.0667. The van der Waals surface area contributed by atoms with Gasteiger partial charge in [-0.25, -0.2) is 0 Å². The summed E-state index contributed by atoms with van der Waals surface area (Å²) >= 11 is 0. The lowest BCUT2D eigenvalue weighted by molar-refractivity contribution is -0.384. The Kier molecular flexibility index (Phi) is 4.09. The summed E-state index contributed by atoms with van der Waals surface area (Å²) in [6.07, 6.45) is 0.947. The van der Waals surface area contributed by atoms with Crippen molar-refractivity contribution in [3.63, 3.8) is 0 Å². The molecule has 0 spiro atoms. The van der Waals surface area contributed by atoms with E-state index < -0.39 is 4.92 Å². The minimum absolute atomic E-state index is 0.0667. The van der Waals surface area contributed by atoms with Gasteiger partial charge in [0.05, 0.1) is 17.6 Å². The van der Waals surface area contributed by atoms with Crippen LogP contribution in [0, 0.1) is 16.0 Å². The Bertz CT molecular complexity index is 336. The number of ether oxygens (including phenoxy) is 1. The fourth-order valence-electron chi connectivity index (χ4n) is 1.10. The topological polar surface area (TPSA) is 52.4 Å². The molecule has 82 valence electrons. The maximum atomic E-state index is 10.5. The van der Waals surface area contributed by atoms with Crippen LogP contribution in [0.1, 0.15) is 20.3 Å². The van der Waals surface area contributed by atoms with Crippen LogP contribution in [0.15, 0.2) is 24.3 Å². The highest BCUT2D eigenvalue weighted by atomic mass is 16.6. The highest BCUT2D eigenvalue weighted by Gasteiger charge is 2.06. The first-order valence-corrected chi connectivity index (χ1v) is 4.97. The van der Waals surface area contributed by atoms with Gasteiger partial charge in [-0.15, -0.1) is 0 Å². The summed E-state index contributed by atoms with van der Waals surface area (Å²) in [5.74, 6) is 1.13.